The van der Waals surface area contributed by atoms with Crippen LogP contribution < -0.4 is 0 Å². The minimum atomic E-state index is -4.96. The number of phosphoric ester groups is 2. The van der Waals surface area contributed by atoms with Crippen LogP contribution in [0.25, 0.3) is 0 Å². The summed E-state index contributed by atoms with van der Waals surface area (Å²) < 4.78 is 68.5. The molecule has 0 aliphatic heterocycles. The summed E-state index contributed by atoms with van der Waals surface area (Å²) in [6.07, 6.45) is 54.0. The minimum Gasteiger partial charge on any atom is -0.462 e. The van der Waals surface area contributed by atoms with Crippen LogP contribution in [-0.4, -0.2) is 96.7 Å². The third-order valence-corrected chi connectivity index (χ3v) is 19.4. The number of carbonyl (C=O) groups is 4. The molecule has 0 bridgehead atoms. The molecule has 19 heteroatoms. The first-order chi connectivity index (χ1) is 45.4. The van der Waals surface area contributed by atoms with E-state index in [-0.39, 0.29) is 25.7 Å². The van der Waals surface area contributed by atoms with Crippen LogP contribution in [0.4, 0.5) is 0 Å². The molecule has 0 radical (unpaired) electrons. The Morgan fingerprint density at radius 3 is 0.723 bits per heavy atom. The molecule has 0 spiro atoms. The molecule has 0 fully saturated rings. The fraction of sp³-hybridized carbons (Fsp3) is 0.947. The van der Waals surface area contributed by atoms with Gasteiger partial charge in [0.2, 0.25) is 0 Å². The Balaban J connectivity index is 5.24. The molecule has 0 aromatic rings. The first kappa shape index (κ1) is 92.1. The molecule has 2 unspecified atom stereocenters. The van der Waals surface area contributed by atoms with Gasteiger partial charge in [-0.2, -0.15) is 0 Å². The van der Waals surface area contributed by atoms with E-state index in [1.165, 1.54) is 205 Å². The van der Waals surface area contributed by atoms with Gasteiger partial charge >= 0.3 is 39.5 Å². The van der Waals surface area contributed by atoms with Gasteiger partial charge in [-0.1, -0.05) is 337 Å². The normalized spacial score (nSPS) is 14.0. The monoisotopic (exact) mass is 1380 g/mol. The molecule has 0 rings (SSSR count). The topological polar surface area (TPSA) is 237 Å². The molecule has 3 N–H and O–H groups in total. The first-order valence-corrected chi connectivity index (χ1v) is 42.0. The third kappa shape index (κ3) is 68.6. The fourth-order valence-electron chi connectivity index (χ4n) is 11.5. The fourth-order valence-corrected chi connectivity index (χ4v) is 13.1. The van der Waals surface area contributed by atoms with Crippen LogP contribution >= 0.6 is 15.6 Å². The van der Waals surface area contributed by atoms with E-state index < -0.39 is 97.5 Å². The number of esters is 4. The van der Waals surface area contributed by atoms with E-state index in [2.05, 4.69) is 41.5 Å². The molecule has 0 aromatic heterocycles. The van der Waals surface area contributed by atoms with Crippen LogP contribution in [0.3, 0.4) is 0 Å². The largest absolute Gasteiger partial charge is 0.472 e. The van der Waals surface area contributed by atoms with Crippen molar-refractivity contribution in [2.45, 2.75) is 407 Å². The van der Waals surface area contributed by atoms with Crippen LogP contribution in [0.2, 0.25) is 0 Å². The zero-order valence-electron chi connectivity index (χ0n) is 61.3. The molecule has 0 aliphatic carbocycles. The molecular weight excluding hydrogens is 1230 g/mol. The van der Waals surface area contributed by atoms with Crippen LogP contribution in [0, 0.1) is 11.8 Å². The summed E-state index contributed by atoms with van der Waals surface area (Å²) >= 11 is 0. The van der Waals surface area contributed by atoms with Gasteiger partial charge in [-0.15, -0.1) is 0 Å². The average molecular weight is 1380 g/mol. The van der Waals surface area contributed by atoms with Gasteiger partial charge in [0.1, 0.15) is 19.3 Å². The second kappa shape index (κ2) is 66.9. The molecular formula is C75H146O17P2. The molecule has 0 amide bonds. The van der Waals surface area contributed by atoms with E-state index in [9.17, 15) is 43.2 Å². The van der Waals surface area contributed by atoms with E-state index in [1.807, 2.05) is 0 Å². The number of carbonyl (C=O) groups excluding carboxylic acids is 4. The number of hydrogen-bond donors (Lipinski definition) is 3. The molecule has 0 heterocycles. The quantitative estimate of drug-likeness (QED) is 0.0222. The summed E-state index contributed by atoms with van der Waals surface area (Å²) in [6, 6.07) is 0. The third-order valence-electron chi connectivity index (χ3n) is 17.5. The van der Waals surface area contributed by atoms with Crippen molar-refractivity contribution < 1.29 is 80.2 Å². The first-order valence-electron chi connectivity index (χ1n) is 39.0. The van der Waals surface area contributed by atoms with Crippen molar-refractivity contribution in [1.29, 1.82) is 0 Å². The van der Waals surface area contributed by atoms with E-state index in [0.717, 1.165) is 102 Å². The van der Waals surface area contributed by atoms with Crippen LogP contribution in [0.5, 0.6) is 0 Å². The molecule has 0 aromatic carbocycles. The van der Waals surface area contributed by atoms with Gasteiger partial charge in [0.25, 0.3) is 0 Å². The highest BCUT2D eigenvalue weighted by Gasteiger charge is 2.30. The van der Waals surface area contributed by atoms with Gasteiger partial charge in [0, 0.05) is 25.7 Å². The van der Waals surface area contributed by atoms with Gasteiger partial charge in [-0.3, -0.25) is 37.3 Å². The Morgan fingerprint density at radius 2 is 0.489 bits per heavy atom. The summed E-state index contributed by atoms with van der Waals surface area (Å²) in [5, 5.41) is 10.6. The minimum absolute atomic E-state index is 0.107. The Morgan fingerprint density at radius 1 is 0.287 bits per heavy atom. The van der Waals surface area contributed by atoms with Gasteiger partial charge in [-0.05, 0) is 37.5 Å². The lowest BCUT2D eigenvalue weighted by molar-refractivity contribution is -0.161. The molecule has 17 nitrogen and oxygen atoms in total. The molecule has 558 valence electrons. The number of aliphatic hydroxyl groups excluding tert-OH is 1. The van der Waals surface area contributed by atoms with Gasteiger partial charge in [0.15, 0.2) is 12.2 Å². The highest BCUT2D eigenvalue weighted by molar-refractivity contribution is 7.47. The summed E-state index contributed by atoms with van der Waals surface area (Å²) in [6.45, 7) is 9.59. The van der Waals surface area contributed by atoms with Gasteiger partial charge in [0.05, 0.1) is 26.4 Å². The predicted octanol–water partition coefficient (Wildman–Crippen LogP) is 21.9. The van der Waals surface area contributed by atoms with Crippen LogP contribution in [0.1, 0.15) is 388 Å². The van der Waals surface area contributed by atoms with Crippen molar-refractivity contribution in [2.24, 2.45) is 11.8 Å². The number of aliphatic hydroxyl groups is 1. The van der Waals surface area contributed by atoms with Gasteiger partial charge in [-0.25, -0.2) is 9.13 Å². The molecule has 0 saturated heterocycles. The number of phosphoric acid groups is 2. The Hall–Kier alpha value is -1.94. The average Bonchev–Trinajstić information content (AvgIpc) is 2.85. The highest BCUT2D eigenvalue weighted by Crippen LogP contribution is 2.45. The summed E-state index contributed by atoms with van der Waals surface area (Å²) in [7, 11) is -9.91. The molecule has 0 saturated carbocycles. The number of hydrogen-bond acceptors (Lipinski definition) is 15. The number of ether oxygens (including phenoxy) is 4. The number of rotatable bonds is 74. The lowest BCUT2D eigenvalue weighted by atomic mass is 10.0. The standard InChI is InChI=1S/C75H146O17P2/c1-7-9-11-13-15-17-18-19-20-21-22-29-35-41-47-53-59-74(79)92-71(64-86-73(78)58-52-46-40-34-28-24-23-26-32-37-43-49-55-67(3)4)66-90-94(83,84)88-62-69(76)61-87-93(81,82)89-65-70(63-85-72(77)57-51-45-39-31-16-14-12-10-8-2)91-75(80)60-54-48-42-36-30-25-27-33-38-44-50-56-68(5)6/h67-71,76H,7-66H2,1-6H3,(H,81,82)(H,83,84)/t69-,70+,71+/m0/s1. The van der Waals surface area contributed by atoms with Crippen molar-refractivity contribution >= 4 is 39.5 Å². The molecule has 94 heavy (non-hydrogen) atoms. The van der Waals surface area contributed by atoms with Crippen molar-refractivity contribution in [3.63, 3.8) is 0 Å². The predicted molar refractivity (Wildman–Crippen MR) is 381 cm³/mol. The highest BCUT2D eigenvalue weighted by atomic mass is 31.2. The Bertz CT molecular complexity index is 1820. The lowest BCUT2D eigenvalue weighted by Crippen LogP contribution is -2.30. The van der Waals surface area contributed by atoms with E-state index >= 15 is 0 Å². The Kier molecular flexibility index (Phi) is 65.5. The molecule has 5 atom stereocenters. The van der Waals surface area contributed by atoms with Crippen LogP contribution in [-0.2, 0) is 65.4 Å². The van der Waals surface area contributed by atoms with Gasteiger partial charge < -0.3 is 33.8 Å². The zero-order valence-corrected chi connectivity index (χ0v) is 63.1. The van der Waals surface area contributed by atoms with E-state index in [1.54, 1.807) is 0 Å². The van der Waals surface area contributed by atoms with Crippen LogP contribution in [0.15, 0.2) is 0 Å². The number of unbranched alkanes of at least 4 members (excludes halogenated alkanes) is 44. The summed E-state index contributed by atoms with van der Waals surface area (Å²) in [5.74, 6) is -0.569. The molecule has 0 aliphatic rings. The summed E-state index contributed by atoms with van der Waals surface area (Å²) in [4.78, 5) is 72.7. The second-order valence-corrected chi connectivity index (χ2v) is 30.9. The maximum absolute atomic E-state index is 13.1. The lowest BCUT2D eigenvalue weighted by Gasteiger charge is -2.21. The second-order valence-electron chi connectivity index (χ2n) is 28.0. The van der Waals surface area contributed by atoms with E-state index in [4.69, 9.17) is 37.0 Å². The maximum atomic E-state index is 13.1. The van der Waals surface area contributed by atoms with Crippen molar-refractivity contribution in [3.05, 3.63) is 0 Å². The Labute approximate surface area is 575 Å². The van der Waals surface area contributed by atoms with Crippen molar-refractivity contribution in [3.8, 4) is 0 Å². The zero-order chi connectivity index (χ0) is 69.3. The van der Waals surface area contributed by atoms with E-state index in [0.29, 0.717) is 25.7 Å². The van der Waals surface area contributed by atoms with Crippen molar-refractivity contribution in [2.75, 3.05) is 39.6 Å². The maximum Gasteiger partial charge on any atom is 0.472 e. The smallest absolute Gasteiger partial charge is 0.462 e. The van der Waals surface area contributed by atoms with Crippen molar-refractivity contribution in [1.82, 2.24) is 0 Å². The SMILES string of the molecule is CCCCCCCCCCCCCCCCCCC(=O)O[C@H](COC(=O)CCCCCCCCCCCCCCC(C)C)COP(=O)(O)OC[C@@H](O)COP(=O)(O)OC[C@@H](COC(=O)CCCCCCCCCCC)OC(=O)CCCCCCCCCCCCCC(C)C. The summed E-state index contributed by atoms with van der Waals surface area (Å²) in [5.41, 5.74) is 0.